The van der Waals surface area contributed by atoms with Crippen molar-refractivity contribution in [3.63, 3.8) is 0 Å². The fourth-order valence-electron chi connectivity index (χ4n) is 1.68. The van der Waals surface area contributed by atoms with Crippen LogP contribution in [-0.2, 0) is 15.1 Å². The average molecular weight is 192 g/mol. The Bertz CT molecular complexity index is 347. The Morgan fingerprint density at radius 1 is 1.50 bits per heavy atom. The summed E-state index contributed by atoms with van der Waals surface area (Å²) < 4.78 is 5.16. The number of hydrogen-bond acceptors (Lipinski definition) is 3. The van der Waals surface area contributed by atoms with Crippen molar-refractivity contribution in [2.45, 2.75) is 25.0 Å². The third-order valence-corrected chi connectivity index (χ3v) is 2.46. The molecule has 2 rings (SSSR count). The van der Waals surface area contributed by atoms with Gasteiger partial charge in [0.15, 0.2) is 5.60 Å². The van der Waals surface area contributed by atoms with Crippen LogP contribution in [0.25, 0.3) is 0 Å². The maximum atomic E-state index is 10.9. The highest BCUT2D eigenvalue weighted by molar-refractivity contribution is 5.67. The molecule has 1 fully saturated rings. The molecule has 0 saturated heterocycles. The van der Waals surface area contributed by atoms with Gasteiger partial charge in [-0.3, -0.25) is 4.79 Å². The lowest BCUT2D eigenvalue weighted by molar-refractivity contribution is -0.151. The summed E-state index contributed by atoms with van der Waals surface area (Å²) in [5.74, 6) is -0.356. The van der Waals surface area contributed by atoms with Gasteiger partial charge in [-0.25, -0.2) is 0 Å². The molecule has 1 aliphatic rings. The Hall–Kier alpha value is -1.35. The second-order valence-electron chi connectivity index (χ2n) is 3.57. The van der Waals surface area contributed by atoms with Crippen LogP contribution in [-0.4, -0.2) is 17.2 Å². The summed E-state index contributed by atoms with van der Waals surface area (Å²) in [7, 11) is 0. The number of carbonyl (C=O) groups excluding carboxylic acids is 1. The van der Waals surface area contributed by atoms with Crippen molar-refractivity contribution in [3.05, 3.63) is 35.9 Å². The number of carbonyl (C=O) groups is 1. The monoisotopic (exact) mass is 192 g/mol. The lowest BCUT2D eigenvalue weighted by Crippen LogP contribution is -2.20. The lowest BCUT2D eigenvalue weighted by atomic mass is 10.1. The molecular weight excluding hydrogens is 180 g/mol. The van der Waals surface area contributed by atoms with Crippen LogP contribution in [0.2, 0.25) is 0 Å². The number of aliphatic hydroxyl groups excluding tert-OH is 1. The van der Waals surface area contributed by atoms with Crippen LogP contribution in [0.3, 0.4) is 0 Å². The zero-order valence-electron chi connectivity index (χ0n) is 7.93. The molecule has 1 aliphatic carbocycles. The van der Waals surface area contributed by atoms with Crippen LogP contribution < -0.4 is 0 Å². The van der Waals surface area contributed by atoms with Crippen LogP contribution >= 0.6 is 0 Å². The molecule has 1 aromatic carbocycles. The smallest absolute Gasteiger partial charge is 0.303 e. The number of benzene rings is 1. The predicted molar refractivity (Wildman–Crippen MR) is 50.5 cm³/mol. The van der Waals surface area contributed by atoms with Gasteiger partial charge in [-0.1, -0.05) is 30.3 Å². The molecule has 1 aromatic rings. The first kappa shape index (κ1) is 9.21. The van der Waals surface area contributed by atoms with E-state index in [9.17, 15) is 9.90 Å². The number of esters is 1. The first-order valence-corrected chi connectivity index (χ1v) is 4.58. The second kappa shape index (κ2) is 3.10. The maximum Gasteiger partial charge on any atom is 0.303 e. The van der Waals surface area contributed by atoms with Crippen molar-refractivity contribution >= 4 is 5.97 Å². The molecule has 0 aromatic heterocycles. The van der Waals surface area contributed by atoms with Gasteiger partial charge >= 0.3 is 5.97 Å². The largest absolute Gasteiger partial charge is 0.451 e. The van der Waals surface area contributed by atoms with E-state index < -0.39 is 11.7 Å². The molecule has 1 saturated carbocycles. The van der Waals surface area contributed by atoms with E-state index in [4.69, 9.17) is 4.74 Å². The summed E-state index contributed by atoms with van der Waals surface area (Å²) in [5.41, 5.74) is 0.0929. The van der Waals surface area contributed by atoms with Gasteiger partial charge in [-0.2, -0.15) is 0 Å². The van der Waals surface area contributed by atoms with Crippen molar-refractivity contribution in [2.24, 2.45) is 0 Å². The highest BCUT2D eigenvalue weighted by atomic mass is 16.6. The number of hydrogen-bond donors (Lipinski definition) is 1. The minimum atomic E-state index is -0.771. The fraction of sp³-hybridized carbons (Fsp3) is 0.364. The van der Waals surface area contributed by atoms with Crippen molar-refractivity contribution in [2.75, 3.05) is 0 Å². The van der Waals surface area contributed by atoms with Gasteiger partial charge in [0.2, 0.25) is 0 Å². The van der Waals surface area contributed by atoms with E-state index in [1.54, 1.807) is 0 Å². The summed E-state index contributed by atoms with van der Waals surface area (Å²) in [5, 5.41) is 9.50. The molecule has 0 radical (unpaired) electrons. The molecule has 0 bridgehead atoms. The molecule has 74 valence electrons. The average Bonchev–Trinajstić information content (AvgIpc) is 2.78. The third kappa shape index (κ3) is 1.40. The van der Waals surface area contributed by atoms with E-state index in [0.29, 0.717) is 6.42 Å². The number of aliphatic hydroxyl groups is 1. The molecule has 0 aliphatic heterocycles. The zero-order chi connectivity index (χ0) is 10.2. The van der Waals surface area contributed by atoms with Crippen LogP contribution in [0.1, 0.15) is 18.9 Å². The molecule has 0 spiro atoms. The van der Waals surface area contributed by atoms with Gasteiger partial charge in [-0.05, 0) is 5.56 Å². The van der Waals surface area contributed by atoms with E-state index in [1.165, 1.54) is 6.92 Å². The Morgan fingerprint density at radius 2 is 2.07 bits per heavy atom. The first-order valence-electron chi connectivity index (χ1n) is 4.58. The summed E-state index contributed by atoms with van der Waals surface area (Å²) in [6.07, 6.45) is -0.0647. The summed E-state index contributed by atoms with van der Waals surface area (Å²) in [6, 6.07) is 9.34. The Morgan fingerprint density at radius 3 is 2.50 bits per heavy atom. The summed E-state index contributed by atoms with van der Waals surface area (Å²) >= 11 is 0. The highest BCUT2D eigenvalue weighted by Gasteiger charge is 2.58. The Balaban J connectivity index is 2.27. The highest BCUT2D eigenvalue weighted by Crippen LogP contribution is 2.49. The van der Waals surface area contributed by atoms with Gasteiger partial charge in [0.05, 0.1) is 0 Å². The van der Waals surface area contributed by atoms with E-state index in [0.717, 1.165) is 5.56 Å². The molecule has 3 nitrogen and oxygen atoms in total. The van der Waals surface area contributed by atoms with Crippen LogP contribution in [0, 0.1) is 0 Å². The second-order valence-corrected chi connectivity index (χ2v) is 3.57. The normalized spacial score (nSPS) is 29.7. The van der Waals surface area contributed by atoms with Crippen molar-refractivity contribution < 1.29 is 14.6 Å². The van der Waals surface area contributed by atoms with Gasteiger partial charge in [-0.15, -0.1) is 0 Å². The SMILES string of the molecule is CC(=O)OC1(c2ccccc2)CC1O. The molecule has 2 atom stereocenters. The number of rotatable bonds is 2. The Labute approximate surface area is 82.3 Å². The van der Waals surface area contributed by atoms with E-state index in [2.05, 4.69) is 0 Å². The van der Waals surface area contributed by atoms with Crippen LogP contribution in [0.5, 0.6) is 0 Å². The van der Waals surface area contributed by atoms with Gasteiger partial charge < -0.3 is 9.84 Å². The standard InChI is InChI=1S/C11H12O3/c1-8(12)14-11(7-10(11)13)9-5-3-2-4-6-9/h2-6,10,13H,7H2,1H3. The molecule has 3 heteroatoms. The lowest BCUT2D eigenvalue weighted by Gasteiger charge is -2.16. The summed E-state index contributed by atoms with van der Waals surface area (Å²) in [4.78, 5) is 10.9. The van der Waals surface area contributed by atoms with Gasteiger partial charge in [0.1, 0.15) is 6.10 Å². The maximum absolute atomic E-state index is 10.9. The zero-order valence-corrected chi connectivity index (χ0v) is 7.93. The van der Waals surface area contributed by atoms with Gasteiger partial charge in [0.25, 0.3) is 0 Å². The van der Waals surface area contributed by atoms with E-state index in [1.807, 2.05) is 30.3 Å². The van der Waals surface area contributed by atoms with Crippen molar-refractivity contribution in [1.82, 2.24) is 0 Å². The predicted octanol–water partition coefficient (Wildman–Crippen LogP) is 1.21. The van der Waals surface area contributed by atoms with Crippen LogP contribution in [0.4, 0.5) is 0 Å². The Kier molecular flexibility index (Phi) is 2.04. The molecule has 0 heterocycles. The minimum Gasteiger partial charge on any atom is -0.451 e. The molecule has 14 heavy (non-hydrogen) atoms. The van der Waals surface area contributed by atoms with Crippen molar-refractivity contribution in [3.8, 4) is 0 Å². The van der Waals surface area contributed by atoms with Gasteiger partial charge in [0, 0.05) is 13.3 Å². The van der Waals surface area contributed by atoms with Crippen LogP contribution in [0.15, 0.2) is 30.3 Å². The minimum absolute atomic E-state index is 0.356. The topological polar surface area (TPSA) is 46.5 Å². The number of ether oxygens (including phenoxy) is 1. The van der Waals surface area contributed by atoms with Crippen molar-refractivity contribution in [1.29, 1.82) is 0 Å². The molecule has 0 amide bonds. The molecule has 2 unspecified atom stereocenters. The first-order chi connectivity index (χ1) is 6.65. The third-order valence-electron chi connectivity index (χ3n) is 2.46. The summed E-state index contributed by atoms with van der Waals surface area (Å²) in [6.45, 7) is 1.36. The van der Waals surface area contributed by atoms with E-state index in [-0.39, 0.29) is 5.97 Å². The van der Waals surface area contributed by atoms with E-state index >= 15 is 0 Å². The molecule has 1 N–H and O–H groups in total. The molecular formula is C11H12O3. The quantitative estimate of drug-likeness (QED) is 0.716. The fourth-order valence-corrected chi connectivity index (χ4v) is 1.68.